The third-order valence-electron chi connectivity index (χ3n) is 1.39. The highest BCUT2D eigenvalue weighted by Crippen LogP contribution is 2.03. The van der Waals surface area contributed by atoms with Crippen LogP contribution in [0.5, 0.6) is 0 Å². The number of rotatable bonds is 2. The molecule has 0 atom stereocenters. The summed E-state index contributed by atoms with van der Waals surface area (Å²) < 4.78 is 0. The highest BCUT2D eigenvalue weighted by molar-refractivity contribution is 5.92. The van der Waals surface area contributed by atoms with Gasteiger partial charge in [0.15, 0.2) is 0 Å². The molecule has 1 amide bonds. The molecule has 0 aliphatic carbocycles. The van der Waals surface area contributed by atoms with Crippen LogP contribution in [0.25, 0.3) is 0 Å². The van der Waals surface area contributed by atoms with Crippen molar-refractivity contribution in [2.75, 3.05) is 0 Å². The van der Waals surface area contributed by atoms with Crippen molar-refractivity contribution in [2.24, 2.45) is 5.73 Å². The van der Waals surface area contributed by atoms with E-state index in [9.17, 15) is 4.79 Å². The van der Waals surface area contributed by atoms with Crippen LogP contribution in [0.1, 0.15) is 16.1 Å². The summed E-state index contributed by atoms with van der Waals surface area (Å²) >= 11 is 0. The molecule has 11 heavy (non-hydrogen) atoms. The summed E-state index contributed by atoms with van der Waals surface area (Å²) in [4.78, 5) is 14.5. The van der Waals surface area contributed by atoms with Gasteiger partial charge in [-0.3, -0.25) is 9.78 Å². The van der Waals surface area contributed by atoms with Gasteiger partial charge in [-0.2, -0.15) is 0 Å². The topological polar surface area (TPSA) is 56.0 Å². The first-order chi connectivity index (χ1) is 5.25. The van der Waals surface area contributed by atoms with Crippen molar-refractivity contribution in [1.29, 1.82) is 0 Å². The molecule has 0 bridgehead atoms. The SMILES string of the molecule is [CH2]Cc1cccnc1C(N)=O. The Balaban J connectivity index is 3.12. The minimum Gasteiger partial charge on any atom is -0.364 e. The van der Waals surface area contributed by atoms with Crippen LogP contribution in [-0.4, -0.2) is 10.9 Å². The molecule has 1 rings (SSSR count). The highest BCUT2D eigenvalue weighted by atomic mass is 16.1. The normalized spacial score (nSPS) is 9.55. The lowest BCUT2D eigenvalue weighted by Gasteiger charge is -1.99. The second kappa shape index (κ2) is 3.14. The van der Waals surface area contributed by atoms with E-state index >= 15 is 0 Å². The predicted octanol–water partition coefficient (Wildman–Crippen LogP) is 0.557. The molecule has 0 saturated heterocycles. The van der Waals surface area contributed by atoms with E-state index in [1.165, 1.54) is 0 Å². The molecule has 3 heteroatoms. The molecule has 0 saturated carbocycles. The maximum absolute atomic E-state index is 10.7. The molecule has 57 valence electrons. The van der Waals surface area contributed by atoms with E-state index in [0.717, 1.165) is 5.56 Å². The number of pyridine rings is 1. The first kappa shape index (κ1) is 7.72. The third kappa shape index (κ3) is 1.55. The Labute approximate surface area is 65.2 Å². The molecule has 1 radical (unpaired) electrons. The van der Waals surface area contributed by atoms with Gasteiger partial charge in [0.05, 0.1) is 0 Å². The molecular formula is C8H9N2O. The summed E-state index contributed by atoms with van der Waals surface area (Å²) in [5.41, 5.74) is 6.17. The van der Waals surface area contributed by atoms with E-state index in [1.807, 2.05) is 0 Å². The number of hydrogen-bond acceptors (Lipinski definition) is 2. The molecule has 2 N–H and O–H groups in total. The van der Waals surface area contributed by atoms with E-state index < -0.39 is 5.91 Å². The second-order valence-electron chi connectivity index (χ2n) is 2.13. The van der Waals surface area contributed by atoms with Gasteiger partial charge >= 0.3 is 0 Å². The van der Waals surface area contributed by atoms with Crippen LogP contribution in [0.2, 0.25) is 0 Å². The van der Waals surface area contributed by atoms with Crippen LogP contribution >= 0.6 is 0 Å². The Morgan fingerprint density at radius 3 is 2.91 bits per heavy atom. The first-order valence-electron chi connectivity index (χ1n) is 3.28. The smallest absolute Gasteiger partial charge is 0.267 e. The van der Waals surface area contributed by atoms with E-state index in [2.05, 4.69) is 11.9 Å². The van der Waals surface area contributed by atoms with Gasteiger partial charge in [0, 0.05) is 6.20 Å². The Morgan fingerprint density at radius 2 is 2.45 bits per heavy atom. The van der Waals surface area contributed by atoms with Crippen molar-refractivity contribution in [1.82, 2.24) is 4.98 Å². The minimum atomic E-state index is -0.496. The van der Waals surface area contributed by atoms with Gasteiger partial charge in [-0.1, -0.05) is 6.07 Å². The molecule has 0 aliphatic rings. The summed E-state index contributed by atoms with van der Waals surface area (Å²) in [6.07, 6.45) is 2.07. The minimum absolute atomic E-state index is 0.322. The molecule has 1 aromatic heterocycles. The van der Waals surface area contributed by atoms with Gasteiger partial charge in [0.25, 0.3) is 5.91 Å². The molecule has 0 aliphatic heterocycles. The number of primary amides is 1. The van der Waals surface area contributed by atoms with Gasteiger partial charge in [-0.25, -0.2) is 0 Å². The van der Waals surface area contributed by atoms with Crippen LogP contribution in [0.4, 0.5) is 0 Å². The Kier molecular flexibility index (Phi) is 2.21. The number of nitrogens with zero attached hydrogens (tertiary/aromatic N) is 1. The number of aromatic nitrogens is 1. The summed E-state index contributed by atoms with van der Waals surface area (Å²) in [7, 11) is 0. The van der Waals surface area contributed by atoms with E-state index in [4.69, 9.17) is 5.73 Å². The fourth-order valence-electron chi connectivity index (χ4n) is 0.862. The maximum Gasteiger partial charge on any atom is 0.267 e. The van der Waals surface area contributed by atoms with Crippen molar-refractivity contribution in [3.05, 3.63) is 36.5 Å². The molecule has 0 aromatic carbocycles. The predicted molar refractivity (Wildman–Crippen MR) is 41.8 cm³/mol. The van der Waals surface area contributed by atoms with Crippen molar-refractivity contribution < 1.29 is 4.79 Å². The fourth-order valence-corrected chi connectivity index (χ4v) is 0.862. The van der Waals surface area contributed by atoms with Crippen molar-refractivity contribution >= 4 is 5.91 Å². The zero-order chi connectivity index (χ0) is 8.27. The lowest BCUT2D eigenvalue weighted by Crippen LogP contribution is -2.15. The molecular weight excluding hydrogens is 140 g/mol. The molecule has 0 fully saturated rings. The third-order valence-corrected chi connectivity index (χ3v) is 1.39. The lowest BCUT2D eigenvalue weighted by atomic mass is 10.1. The number of carbonyl (C=O) groups excluding carboxylic acids is 1. The van der Waals surface area contributed by atoms with Gasteiger partial charge in [-0.05, 0) is 25.0 Å². The molecule has 0 unspecified atom stereocenters. The van der Waals surface area contributed by atoms with E-state index in [0.29, 0.717) is 12.1 Å². The molecule has 3 nitrogen and oxygen atoms in total. The summed E-state index contributed by atoms with van der Waals surface area (Å²) in [6.45, 7) is 3.65. The number of hydrogen-bond donors (Lipinski definition) is 1. The Morgan fingerprint density at radius 1 is 1.73 bits per heavy atom. The van der Waals surface area contributed by atoms with Crippen molar-refractivity contribution in [2.45, 2.75) is 6.42 Å². The average Bonchev–Trinajstić information content (AvgIpc) is 2.04. The van der Waals surface area contributed by atoms with E-state index in [1.54, 1.807) is 18.3 Å². The van der Waals surface area contributed by atoms with Gasteiger partial charge in [0.1, 0.15) is 5.69 Å². The van der Waals surface area contributed by atoms with E-state index in [-0.39, 0.29) is 0 Å². The monoisotopic (exact) mass is 149 g/mol. The molecule has 0 spiro atoms. The van der Waals surface area contributed by atoms with Crippen molar-refractivity contribution in [3.63, 3.8) is 0 Å². The zero-order valence-corrected chi connectivity index (χ0v) is 6.08. The van der Waals surface area contributed by atoms with Crippen LogP contribution in [-0.2, 0) is 6.42 Å². The average molecular weight is 149 g/mol. The maximum atomic E-state index is 10.7. The first-order valence-corrected chi connectivity index (χ1v) is 3.28. The second-order valence-corrected chi connectivity index (χ2v) is 2.13. The van der Waals surface area contributed by atoms with Crippen LogP contribution < -0.4 is 5.73 Å². The lowest BCUT2D eigenvalue weighted by molar-refractivity contribution is 0.0995. The largest absolute Gasteiger partial charge is 0.364 e. The number of carbonyl (C=O) groups is 1. The van der Waals surface area contributed by atoms with Gasteiger partial charge < -0.3 is 5.73 Å². The quantitative estimate of drug-likeness (QED) is 0.667. The highest BCUT2D eigenvalue weighted by Gasteiger charge is 2.05. The number of amides is 1. The summed E-state index contributed by atoms with van der Waals surface area (Å²) in [6, 6.07) is 3.55. The van der Waals surface area contributed by atoms with Gasteiger partial charge in [0.2, 0.25) is 0 Å². The van der Waals surface area contributed by atoms with Crippen LogP contribution in [0.15, 0.2) is 18.3 Å². The Bertz CT molecular complexity index is 271. The Hall–Kier alpha value is -1.38. The summed E-state index contributed by atoms with van der Waals surface area (Å²) in [5, 5.41) is 0. The number of nitrogens with two attached hydrogens (primary N) is 1. The van der Waals surface area contributed by atoms with Gasteiger partial charge in [-0.15, -0.1) is 0 Å². The molecule has 1 heterocycles. The zero-order valence-electron chi connectivity index (χ0n) is 6.08. The van der Waals surface area contributed by atoms with Crippen LogP contribution in [0.3, 0.4) is 0 Å². The fraction of sp³-hybridized carbons (Fsp3) is 0.125. The van der Waals surface area contributed by atoms with Crippen LogP contribution in [0, 0.1) is 6.92 Å². The summed E-state index contributed by atoms with van der Waals surface area (Å²) in [5.74, 6) is -0.496. The standard InChI is InChI=1S/C8H9N2O/c1-2-6-4-3-5-10-7(6)8(9)11/h3-5H,1-2H2,(H2,9,11). The molecule has 1 aromatic rings. The van der Waals surface area contributed by atoms with Crippen molar-refractivity contribution in [3.8, 4) is 0 Å².